The number of nitrogens with zero attached hydrogens (tertiary/aromatic N) is 1. The van der Waals surface area contributed by atoms with Crippen molar-refractivity contribution in [2.24, 2.45) is 5.92 Å². The summed E-state index contributed by atoms with van der Waals surface area (Å²) in [4.78, 5) is 13.8. The van der Waals surface area contributed by atoms with Gasteiger partial charge in [0.2, 0.25) is 15.9 Å². The van der Waals surface area contributed by atoms with E-state index in [2.05, 4.69) is 28.8 Å². The molecule has 1 saturated heterocycles. The molecule has 140 valence electrons. The van der Waals surface area contributed by atoms with Crippen molar-refractivity contribution in [3.8, 4) is 0 Å². The number of aryl methyl sites for hydroxylation is 1. The molecule has 25 heavy (non-hydrogen) atoms. The molecule has 0 aromatic heterocycles. The third-order valence-corrected chi connectivity index (χ3v) is 6.26. The van der Waals surface area contributed by atoms with Crippen molar-refractivity contribution in [3.05, 3.63) is 23.8 Å². The first kappa shape index (κ1) is 19.9. The maximum Gasteiger partial charge on any atom is 0.240 e. The van der Waals surface area contributed by atoms with E-state index >= 15 is 0 Å². The van der Waals surface area contributed by atoms with Gasteiger partial charge in [-0.25, -0.2) is 13.1 Å². The van der Waals surface area contributed by atoms with Crippen molar-refractivity contribution in [1.29, 1.82) is 0 Å². The molecule has 0 radical (unpaired) electrons. The summed E-state index contributed by atoms with van der Waals surface area (Å²) in [7, 11) is -3.61. The molecule has 1 aliphatic heterocycles. The maximum absolute atomic E-state index is 12.6. The minimum Gasteiger partial charge on any atom is -0.326 e. The van der Waals surface area contributed by atoms with Crippen LogP contribution < -0.4 is 10.0 Å². The molecule has 7 heteroatoms. The quantitative estimate of drug-likeness (QED) is 0.809. The number of amides is 1. The van der Waals surface area contributed by atoms with Crippen molar-refractivity contribution >= 4 is 21.6 Å². The Morgan fingerprint density at radius 3 is 2.56 bits per heavy atom. The highest BCUT2D eigenvalue weighted by molar-refractivity contribution is 7.89. The van der Waals surface area contributed by atoms with E-state index in [-0.39, 0.29) is 16.8 Å². The third kappa shape index (κ3) is 5.52. The molecule has 1 aromatic carbocycles. The van der Waals surface area contributed by atoms with E-state index in [9.17, 15) is 13.2 Å². The van der Waals surface area contributed by atoms with Gasteiger partial charge in [0.05, 0.1) is 4.90 Å². The molecular weight excluding hydrogens is 338 g/mol. The van der Waals surface area contributed by atoms with Crippen LogP contribution in [0.5, 0.6) is 0 Å². The van der Waals surface area contributed by atoms with Crippen LogP contribution in [-0.2, 0) is 14.8 Å². The van der Waals surface area contributed by atoms with Gasteiger partial charge >= 0.3 is 0 Å². The van der Waals surface area contributed by atoms with Crippen LogP contribution in [0.15, 0.2) is 23.1 Å². The summed E-state index contributed by atoms with van der Waals surface area (Å²) in [5.41, 5.74) is 1.35. The lowest BCUT2D eigenvalue weighted by molar-refractivity contribution is -0.114. The fourth-order valence-electron chi connectivity index (χ4n) is 3.00. The number of piperidine rings is 1. The van der Waals surface area contributed by atoms with Gasteiger partial charge in [-0.3, -0.25) is 9.69 Å². The minimum atomic E-state index is -3.61. The number of sulfonamides is 1. The second-order valence-electron chi connectivity index (χ2n) is 7.08. The Bertz CT molecular complexity index is 710. The van der Waals surface area contributed by atoms with Crippen LogP contribution in [0.2, 0.25) is 0 Å². The van der Waals surface area contributed by atoms with Crippen LogP contribution in [0.4, 0.5) is 5.69 Å². The first-order valence-electron chi connectivity index (χ1n) is 8.81. The number of hydrogen-bond acceptors (Lipinski definition) is 4. The smallest absolute Gasteiger partial charge is 0.240 e. The number of rotatable bonds is 6. The minimum absolute atomic E-state index is 0.155. The number of likely N-dealkylation sites (tertiary alicyclic amines) is 1. The molecule has 0 saturated carbocycles. The predicted molar refractivity (Wildman–Crippen MR) is 100 cm³/mol. The first-order chi connectivity index (χ1) is 11.7. The van der Waals surface area contributed by atoms with Crippen LogP contribution in [0.25, 0.3) is 0 Å². The fourth-order valence-corrected chi connectivity index (χ4v) is 4.15. The lowest BCUT2D eigenvalue weighted by Crippen LogP contribution is -2.45. The van der Waals surface area contributed by atoms with Crippen molar-refractivity contribution in [3.63, 3.8) is 0 Å². The molecule has 1 unspecified atom stereocenters. The number of carbonyl (C=O) groups excluding carboxylic acids is 1. The van der Waals surface area contributed by atoms with Crippen LogP contribution >= 0.6 is 0 Å². The Labute approximate surface area is 151 Å². The molecule has 1 aromatic rings. The highest BCUT2D eigenvalue weighted by Gasteiger charge is 2.22. The monoisotopic (exact) mass is 367 g/mol. The standard InChI is InChI=1S/C18H29N3O3S/c1-13-7-9-21(10-8-13)15(3)12-19-25(23,24)17-6-5-14(2)18(11-17)20-16(4)22/h5-6,11,13,15,19H,7-10,12H2,1-4H3,(H,20,22). The number of hydrogen-bond donors (Lipinski definition) is 2. The Kier molecular flexibility index (Phi) is 6.59. The summed E-state index contributed by atoms with van der Waals surface area (Å²) in [6, 6.07) is 4.93. The van der Waals surface area contributed by atoms with Crippen molar-refractivity contribution in [2.75, 3.05) is 25.0 Å². The Morgan fingerprint density at radius 2 is 1.96 bits per heavy atom. The van der Waals surface area contributed by atoms with Gasteiger partial charge in [-0.1, -0.05) is 13.0 Å². The Hall–Kier alpha value is -1.44. The van der Waals surface area contributed by atoms with Gasteiger partial charge in [0.1, 0.15) is 0 Å². The summed E-state index contributed by atoms with van der Waals surface area (Å²) in [5, 5.41) is 2.67. The highest BCUT2D eigenvalue weighted by Crippen LogP contribution is 2.21. The topological polar surface area (TPSA) is 78.5 Å². The molecule has 2 N–H and O–H groups in total. The van der Waals surface area contributed by atoms with E-state index in [0.717, 1.165) is 37.4 Å². The number of anilines is 1. The van der Waals surface area contributed by atoms with Crippen molar-refractivity contribution < 1.29 is 13.2 Å². The lowest BCUT2D eigenvalue weighted by Gasteiger charge is -2.34. The highest BCUT2D eigenvalue weighted by atomic mass is 32.2. The zero-order chi connectivity index (χ0) is 18.6. The van der Waals surface area contributed by atoms with Crippen LogP contribution in [0.3, 0.4) is 0 Å². The number of nitrogens with one attached hydrogen (secondary N) is 2. The third-order valence-electron chi connectivity index (χ3n) is 4.84. The molecule has 0 bridgehead atoms. The molecule has 0 aliphatic carbocycles. The van der Waals surface area contributed by atoms with E-state index in [4.69, 9.17) is 0 Å². The molecule has 1 atom stereocenters. The zero-order valence-corrected chi connectivity index (χ0v) is 16.3. The van der Waals surface area contributed by atoms with E-state index < -0.39 is 10.0 Å². The molecule has 1 fully saturated rings. The molecule has 1 amide bonds. The summed E-state index contributed by atoms with van der Waals surface area (Å²) in [6.07, 6.45) is 2.32. The molecule has 6 nitrogen and oxygen atoms in total. The number of carbonyl (C=O) groups is 1. The van der Waals surface area contributed by atoms with Gasteiger partial charge in [0.15, 0.2) is 0 Å². The van der Waals surface area contributed by atoms with Gasteiger partial charge in [0, 0.05) is 25.2 Å². The molecule has 2 rings (SSSR count). The number of benzene rings is 1. The average Bonchev–Trinajstić information content (AvgIpc) is 2.55. The van der Waals surface area contributed by atoms with Crippen molar-refractivity contribution in [1.82, 2.24) is 9.62 Å². The molecule has 1 heterocycles. The van der Waals surface area contributed by atoms with Gasteiger partial charge < -0.3 is 5.32 Å². The SMILES string of the molecule is CC(=O)Nc1cc(S(=O)(=O)NCC(C)N2CCC(C)CC2)ccc1C. The second-order valence-corrected chi connectivity index (χ2v) is 8.84. The molecular formula is C18H29N3O3S. The average molecular weight is 368 g/mol. The van der Waals surface area contributed by atoms with Crippen molar-refractivity contribution in [2.45, 2.75) is 51.5 Å². The van der Waals surface area contributed by atoms with E-state index in [1.165, 1.54) is 13.0 Å². The summed E-state index contributed by atoms with van der Waals surface area (Å²) in [6.45, 7) is 9.95. The van der Waals surface area contributed by atoms with Crippen LogP contribution in [0, 0.1) is 12.8 Å². The largest absolute Gasteiger partial charge is 0.326 e. The van der Waals surface area contributed by atoms with E-state index in [1.54, 1.807) is 12.1 Å². The van der Waals surface area contributed by atoms with E-state index in [1.807, 2.05) is 6.92 Å². The summed E-state index contributed by atoms with van der Waals surface area (Å²) >= 11 is 0. The maximum atomic E-state index is 12.6. The fraction of sp³-hybridized carbons (Fsp3) is 0.611. The Balaban J connectivity index is 2.02. The van der Waals surface area contributed by atoms with Crippen LogP contribution in [0.1, 0.15) is 39.2 Å². The van der Waals surface area contributed by atoms with Gasteiger partial charge in [-0.2, -0.15) is 0 Å². The summed E-state index contributed by atoms with van der Waals surface area (Å²) in [5.74, 6) is 0.526. The normalized spacial score (nSPS) is 18.1. The molecule has 1 aliphatic rings. The van der Waals surface area contributed by atoms with Gasteiger partial charge in [0.25, 0.3) is 0 Å². The second kappa shape index (κ2) is 8.29. The first-order valence-corrected chi connectivity index (χ1v) is 10.3. The van der Waals surface area contributed by atoms with E-state index in [0.29, 0.717) is 12.2 Å². The molecule has 0 spiro atoms. The predicted octanol–water partition coefficient (Wildman–Crippen LogP) is 2.35. The summed E-state index contributed by atoms with van der Waals surface area (Å²) < 4.78 is 27.9. The van der Waals surface area contributed by atoms with Gasteiger partial charge in [-0.05, 0) is 63.4 Å². The lowest BCUT2D eigenvalue weighted by atomic mass is 9.98. The van der Waals surface area contributed by atoms with Crippen LogP contribution in [-0.4, -0.2) is 44.9 Å². The van der Waals surface area contributed by atoms with Gasteiger partial charge in [-0.15, -0.1) is 0 Å². The zero-order valence-electron chi connectivity index (χ0n) is 15.5. The Morgan fingerprint density at radius 1 is 1.32 bits per heavy atom.